The van der Waals surface area contributed by atoms with Crippen LogP contribution in [0.5, 0.6) is 0 Å². The minimum absolute atomic E-state index is 0.0875. The maximum atomic E-state index is 12.3. The van der Waals surface area contributed by atoms with E-state index in [9.17, 15) is 13.2 Å². The molecule has 2 aromatic heterocycles. The average molecular weight is 411 g/mol. The molecular weight excluding hydrogens is 400 g/mol. The van der Waals surface area contributed by atoms with Gasteiger partial charge in [-0.25, -0.2) is 22.9 Å². The monoisotopic (exact) mass is 410 g/mol. The van der Waals surface area contributed by atoms with Crippen LogP contribution in [0.15, 0.2) is 20.1 Å². The maximum Gasteiger partial charge on any atom is 0.355 e. The molecule has 0 saturated heterocycles. The Balaban J connectivity index is 2.23. The van der Waals surface area contributed by atoms with Crippen molar-refractivity contribution in [2.45, 2.75) is 24.8 Å². The Bertz CT molecular complexity index is 781. The molecule has 0 saturated carbocycles. The molecule has 2 rings (SSSR count). The summed E-state index contributed by atoms with van der Waals surface area (Å²) in [5.74, 6) is -1.13. The predicted molar refractivity (Wildman–Crippen MR) is 84.6 cm³/mol. The number of carbonyl (C=O) groups is 1. The van der Waals surface area contributed by atoms with Crippen molar-refractivity contribution in [3.05, 3.63) is 30.8 Å². The van der Waals surface area contributed by atoms with Crippen LogP contribution in [-0.4, -0.2) is 24.5 Å². The summed E-state index contributed by atoms with van der Waals surface area (Å²) in [5, 5.41) is 10.6. The molecule has 2 N–H and O–H groups in total. The van der Waals surface area contributed by atoms with Gasteiger partial charge in [-0.15, -0.1) is 22.7 Å². The summed E-state index contributed by atoms with van der Waals surface area (Å²) in [6, 6.07) is 0.936. The van der Waals surface area contributed by atoms with Crippen LogP contribution in [0, 0.1) is 6.92 Å². The fourth-order valence-electron chi connectivity index (χ4n) is 1.63. The van der Waals surface area contributed by atoms with Gasteiger partial charge in [0, 0.05) is 10.3 Å². The van der Waals surface area contributed by atoms with E-state index in [0.29, 0.717) is 9.88 Å². The second-order valence-electron chi connectivity index (χ2n) is 4.19. The number of thiazole rings is 1. The van der Waals surface area contributed by atoms with Crippen molar-refractivity contribution in [2.75, 3.05) is 0 Å². The number of carboxylic acid groups (broad SMARTS) is 1. The summed E-state index contributed by atoms with van der Waals surface area (Å²) in [6.45, 7) is 3.35. The molecule has 0 radical (unpaired) electrons. The summed E-state index contributed by atoms with van der Waals surface area (Å²) >= 11 is 5.70. The van der Waals surface area contributed by atoms with E-state index >= 15 is 0 Å². The first-order valence-corrected chi connectivity index (χ1v) is 9.65. The molecule has 10 heteroatoms. The van der Waals surface area contributed by atoms with E-state index in [1.807, 2.05) is 0 Å². The Kier molecular flexibility index (Phi) is 4.83. The van der Waals surface area contributed by atoms with Crippen molar-refractivity contribution >= 4 is 54.6 Å². The Morgan fingerprint density at radius 2 is 2.19 bits per heavy atom. The molecule has 114 valence electrons. The highest BCUT2D eigenvalue weighted by molar-refractivity contribution is 9.11. The number of sulfonamides is 1. The van der Waals surface area contributed by atoms with Crippen LogP contribution in [0.2, 0.25) is 0 Å². The first kappa shape index (κ1) is 16.6. The molecule has 0 spiro atoms. The molecule has 6 nitrogen and oxygen atoms in total. The number of aromatic nitrogens is 1. The summed E-state index contributed by atoms with van der Waals surface area (Å²) in [5.41, 5.74) is -0.0875. The minimum atomic E-state index is -3.68. The van der Waals surface area contributed by atoms with Crippen molar-refractivity contribution in [1.82, 2.24) is 9.71 Å². The second-order valence-corrected chi connectivity index (χ2v) is 9.40. The molecule has 0 aromatic carbocycles. The van der Waals surface area contributed by atoms with Crippen molar-refractivity contribution < 1.29 is 18.3 Å². The zero-order chi connectivity index (χ0) is 15.8. The van der Waals surface area contributed by atoms with Crippen LogP contribution in [0.1, 0.15) is 33.3 Å². The van der Waals surface area contributed by atoms with E-state index in [0.717, 1.165) is 15.1 Å². The van der Waals surface area contributed by atoms with E-state index in [-0.39, 0.29) is 10.6 Å². The molecule has 0 fully saturated rings. The lowest BCUT2D eigenvalue weighted by atomic mass is 10.4. The lowest BCUT2D eigenvalue weighted by Gasteiger charge is -2.11. The molecular formula is C11H11BrN2O4S3. The van der Waals surface area contributed by atoms with Crippen molar-refractivity contribution in [2.24, 2.45) is 0 Å². The number of nitrogens with one attached hydrogen (secondary N) is 1. The Morgan fingerprint density at radius 3 is 2.67 bits per heavy atom. The number of thiophene rings is 1. The number of aryl methyl sites for hydroxylation is 1. The summed E-state index contributed by atoms with van der Waals surface area (Å²) in [7, 11) is -3.68. The number of hydrogen-bond donors (Lipinski definition) is 2. The van der Waals surface area contributed by atoms with E-state index in [1.54, 1.807) is 19.9 Å². The number of hydrogen-bond acceptors (Lipinski definition) is 6. The summed E-state index contributed by atoms with van der Waals surface area (Å²) < 4.78 is 27.9. The molecule has 0 amide bonds. The fraction of sp³-hybridized carbons (Fsp3) is 0.273. The lowest BCUT2D eigenvalue weighted by Crippen LogP contribution is -2.27. The smallest absolute Gasteiger partial charge is 0.355 e. The second kappa shape index (κ2) is 6.13. The van der Waals surface area contributed by atoms with Gasteiger partial charge >= 0.3 is 5.97 Å². The highest BCUT2D eigenvalue weighted by Crippen LogP contribution is 2.30. The molecule has 0 aliphatic carbocycles. The zero-order valence-electron chi connectivity index (χ0n) is 11.0. The topological polar surface area (TPSA) is 96.4 Å². The van der Waals surface area contributed by atoms with Gasteiger partial charge in [-0.1, -0.05) is 0 Å². The van der Waals surface area contributed by atoms with Crippen LogP contribution in [-0.2, 0) is 10.0 Å². The average Bonchev–Trinajstić information content (AvgIpc) is 2.95. The van der Waals surface area contributed by atoms with E-state index in [1.165, 1.54) is 16.7 Å². The number of nitrogens with zero attached hydrogens (tertiary/aromatic N) is 1. The highest BCUT2D eigenvalue weighted by Gasteiger charge is 2.24. The standard InChI is InChI=1S/C11H11BrN2O4S3/c1-5(10-13-7(4-19-10)11(15)16)14-21(17,18)8-3-9(12)20-6(8)2/h3-5,14H,1-2H3,(H,15,16). The third-order valence-corrected chi connectivity index (χ3v) is 6.95. The van der Waals surface area contributed by atoms with Gasteiger partial charge in [-0.2, -0.15) is 0 Å². The van der Waals surface area contributed by atoms with Gasteiger partial charge in [0.2, 0.25) is 10.0 Å². The number of rotatable bonds is 5. The van der Waals surface area contributed by atoms with Gasteiger partial charge in [-0.3, -0.25) is 0 Å². The van der Waals surface area contributed by atoms with Gasteiger partial charge in [0.25, 0.3) is 0 Å². The van der Waals surface area contributed by atoms with Gasteiger partial charge in [0.15, 0.2) is 5.69 Å². The summed E-state index contributed by atoms with van der Waals surface area (Å²) in [4.78, 5) is 15.6. The number of aromatic carboxylic acids is 1. The Labute approximate surface area is 138 Å². The Hall–Kier alpha value is -0.810. The van der Waals surface area contributed by atoms with Gasteiger partial charge in [0.05, 0.1) is 14.7 Å². The zero-order valence-corrected chi connectivity index (χ0v) is 15.0. The molecule has 1 atom stereocenters. The Morgan fingerprint density at radius 1 is 1.52 bits per heavy atom. The molecule has 1 unspecified atom stereocenters. The first-order valence-electron chi connectivity index (χ1n) is 5.67. The summed E-state index contributed by atoms with van der Waals surface area (Å²) in [6.07, 6.45) is 0. The van der Waals surface area contributed by atoms with Crippen molar-refractivity contribution in [3.63, 3.8) is 0 Å². The van der Waals surface area contributed by atoms with E-state index in [4.69, 9.17) is 5.11 Å². The molecule has 0 aliphatic heterocycles. The van der Waals surface area contributed by atoms with Crippen molar-refractivity contribution in [1.29, 1.82) is 0 Å². The lowest BCUT2D eigenvalue weighted by molar-refractivity contribution is 0.0691. The number of carboxylic acids is 1. The van der Waals surface area contributed by atoms with Crippen LogP contribution < -0.4 is 4.72 Å². The van der Waals surface area contributed by atoms with Gasteiger partial charge in [0.1, 0.15) is 5.01 Å². The first-order chi connectivity index (χ1) is 9.70. The van der Waals surface area contributed by atoms with Crippen molar-refractivity contribution in [3.8, 4) is 0 Å². The molecule has 21 heavy (non-hydrogen) atoms. The van der Waals surface area contributed by atoms with Crippen LogP contribution in [0.3, 0.4) is 0 Å². The number of halogens is 1. The molecule has 0 bridgehead atoms. The quantitative estimate of drug-likeness (QED) is 0.789. The largest absolute Gasteiger partial charge is 0.476 e. The normalized spacial score (nSPS) is 13.3. The molecule has 2 aromatic rings. The molecule has 0 aliphatic rings. The van der Waals surface area contributed by atoms with E-state index in [2.05, 4.69) is 25.6 Å². The van der Waals surface area contributed by atoms with Crippen LogP contribution in [0.4, 0.5) is 0 Å². The van der Waals surface area contributed by atoms with Gasteiger partial charge < -0.3 is 5.11 Å². The van der Waals surface area contributed by atoms with Gasteiger partial charge in [-0.05, 0) is 35.8 Å². The maximum absolute atomic E-state index is 12.3. The third-order valence-electron chi connectivity index (χ3n) is 2.58. The SMILES string of the molecule is Cc1sc(Br)cc1S(=O)(=O)NC(C)c1nc(C(=O)O)cs1. The van der Waals surface area contributed by atoms with E-state index < -0.39 is 22.0 Å². The minimum Gasteiger partial charge on any atom is -0.476 e. The van der Waals surface area contributed by atoms with Crippen LogP contribution >= 0.6 is 38.6 Å². The fourth-order valence-corrected chi connectivity index (χ4v) is 6.13. The highest BCUT2D eigenvalue weighted by atomic mass is 79.9. The third kappa shape index (κ3) is 3.69. The predicted octanol–water partition coefficient (Wildman–Crippen LogP) is 3.01. The molecule has 2 heterocycles. The van der Waals surface area contributed by atoms with Crippen LogP contribution in [0.25, 0.3) is 0 Å².